The zero-order valence-corrected chi connectivity index (χ0v) is 12.1. The van der Waals surface area contributed by atoms with E-state index in [0.29, 0.717) is 11.3 Å². The first-order chi connectivity index (χ1) is 10.4. The Labute approximate surface area is 127 Å². The Hall–Kier alpha value is -2.44. The van der Waals surface area contributed by atoms with Crippen LogP contribution >= 0.6 is 0 Å². The van der Waals surface area contributed by atoms with Crippen molar-refractivity contribution in [3.63, 3.8) is 0 Å². The summed E-state index contributed by atoms with van der Waals surface area (Å²) < 4.78 is 5.53. The second-order valence-electron chi connectivity index (χ2n) is 5.10. The normalized spacial score (nSPS) is 13.4. The summed E-state index contributed by atoms with van der Waals surface area (Å²) in [5.74, 6) is 0.584. The Bertz CT molecular complexity index is 655. The van der Waals surface area contributed by atoms with Gasteiger partial charge >= 0.3 is 5.69 Å². The van der Waals surface area contributed by atoms with E-state index >= 15 is 0 Å². The van der Waals surface area contributed by atoms with Crippen LogP contribution in [0.1, 0.15) is 18.9 Å². The van der Waals surface area contributed by atoms with Crippen LogP contribution in [0.3, 0.4) is 0 Å². The molecule has 2 rings (SSSR count). The molecule has 0 aromatic heterocycles. The molecular formula is C16H17NO5. The number of nitrogens with zero attached hydrogens (tertiary/aromatic N) is 1. The van der Waals surface area contributed by atoms with Gasteiger partial charge in [-0.15, -0.1) is 0 Å². The van der Waals surface area contributed by atoms with E-state index in [9.17, 15) is 15.2 Å². The highest BCUT2D eigenvalue weighted by molar-refractivity contribution is 5.51. The van der Waals surface area contributed by atoms with Crippen LogP contribution in [0, 0.1) is 10.1 Å². The Morgan fingerprint density at radius 1 is 1.23 bits per heavy atom. The van der Waals surface area contributed by atoms with Crippen molar-refractivity contribution in [3.05, 3.63) is 64.2 Å². The Kier molecular flexibility index (Phi) is 4.75. The summed E-state index contributed by atoms with van der Waals surface area (Å²) in [4.78, 5) is 10.7. The maximum Gasteiger partial charge on any atom is 0.311 e. The minimum atomic E-state index is -1.34. The lowest BCUT2D eigenvalue weighted by Gasteiger charge is -2.22. The van der Waals surface area contributed by atoms with Gasteiger partial charge in [0.25, 0.3) is 0 Å². The number of hydrogen-bond donors (Lipinski definition) is 2. The van der Waals surface area contributed by atoms with Crippen molar-refractivity contribution < 1.29 is 19.9 Å². The van der Waals surface area contributed by atoms with Crippen LogP contribution in [-0.2, 0) is 5.60 Å². The number of aliphatic hydroxyl groups excluding tert-OH is 1. The maximum atomic E-state index is 11.2. The highest BCUT2D eigenvalue weighted by atomic mass is 16.6. The smallest absolute Gasteiger partial charge is 0.311 e. The molecule has 0 aliphatic carbocycles. The van der Waals surface area contributed by atoms with Crippen molar-refractivity contribution in [3.8, 4) is 11.5 Å². The Morgan fingerprint density at radius 2 is 1.91 bits per heavy atom. The molecular weight excluding hydrogens is 286 g/mol. The van der Waals surface area contributed by atoms with E-state index in [2.05, 4.69) is 0 Å². The summed E-state index contributed by atoms with van der Waals surface area (Å²) in [5.41, 5.74) is -1.22. The lowest BCUT2D eigenvalue weighted by molar-refractivity contribution is -0.385. The predicted molar refractivity (Wildman–Crippen MR) is 80.9 cm³/mol. The lowest BCUT2D eigenvalue weighted by Crippen LogP contribution is -2.22. The van der Waals surface area contributed by atoms with Gasteiger partial charge in [0, 0.05) is 19.1 Å². The third-order valence-electron chi connectivity index (χ3n) is 3.35. The molecule has 1 unspecified atom stereocenters. The van der Waals surface area contributed by atoms with Gasteiger partial charge in [-0.1, -0.05) is 24.3 Å². The van der Waals surface area contributed by atoms with Crippen LogP contribution in [0.5, 0.6) is 11.5 Å². The highest BCUT2D eigenvalue weighted by Gasteiger charge is 2.26. The second kappa shape index (κ2) is 6.55. The number of aliphatic hydroxyl groups is 2. The van der Waals surface area contributed by atoms with Gasteiger partial charge in [0.05, 0.1) is 10.5 Å². The fourth-order valence-corrected chi connectivity index (χ4v) is 2.06. The van der Waals surface area contributed by atoms with E-state index in [4.69, 9.17) is 9.84 Å². The molecule has 2 aromatic rings. The van der Waals surface area contributed by atoms with Crippen molar-refractivity contribution in [1.29, 1.82) is 0 Å². The fraction of sp³-hybridized carbons (Fsp3) is 0.250. The van der Waals surface area contributed by atoms with Crippen LogP contribution < -0.4 is 4.74 Å². The molecule has 6 nitrogen and oxygen atoms in total. The van der Waals surface area contributed by atoms with E-state index in [1.165, 1.54) is 19.1 Å². The van der Waals surface area contributed by atoms with Crippen molar-refractivity contribution in [1.82, 2.24) is 0 Å². The van der Waals surface area contributed by atoms with Crippen LogP contribution in [0.2, 0.25) is 0 Å². The van der Waals surface area contributed by atoms with E-state index in [1.807, 2.05) is 6.07 Å². The van der Waals surface area contributed by atoms with Gasteiger partial charge in [0.1, 0.15) is 5.75 Å². The van der Waals surface area contributed by atoms with Gasteiger partial charge in [-0.2, -0.15) is 0 Å². The largest absolute Gasteiger partial charge is 0.450 e. The van der Waals surface area contributed by atoms with Crippen molar-refractivity contribution >= 4 is 5.69 Å². The van der Waals surface area contributed by atoms with Crippen molar-refractivity contribution in [2.45, 2.75) is 18.9 Å². The summed E-state index contributed by atoms with van der Waals surface area (Å²) in [6, 6.07) is 13.0. The molecule has 2 N–H and O–H groups in total. The SMILES string of the molecule is CC(O)(CCO)c1ccc(Oc2ccccc2)c([N+](=O)[O-])c1. The quantitative estimate of drug-likeness (QED) is 0.632. The first-order valence-electron chi connectivity index (χ1n) is 6.79. The molecule has 22 heavy (non-hydrogen) atoms. The zero-order chi connectivity index (χ0) is 16.2. The molecule has 6 heteroatoms. The average molecular weight is 303 g/mol. The monoisotopic (exact) mass is 303 g/mol. The number of nitro benzene ring substituents is 1. The molecule has 0 radical (unpaired) electrons. The molecule has 0 amide bonds. The summed E-state index contributed by atoms with van der Waals surface area (Å²) in [5, 5.41) is 30.5. The molecule has 0 saturated carbocycles. The molecule has 0 bridgehead atoms. The van der Waals surface area contributed by atoms with Gasteiger partial charge in [0.2, 0.25) is 5.75 Å². The third kappa shape index (κ3) is 3.60. The van der Waals surface area contributed by atoms with Gasteiger partial charge in [-0.25, -0.2) is 0 Å². The molecule has 0 aliphatic heterocycles. The molecule has 1 atom stereocenters. The molecule has 0 fully saturated rings. The Balaban J connectivity index is 2.38. The number of rotatable bonds is 6. The maximum absolute atomic E-state index is 11.2. The first-order valence-corrected chi connectivity index (χ1v) is 6.79. The van der Waals surface area contributed by atoms with E-state index < -0.39 is 10.5 Å². The number of para-hydroxylation sites is 1. The topological polar surface area (TPSA) is 92.8 Å². The van der Waals surface area contributed by atoms with Gasteiger partial charge in [0.15, 0.2) is 0 Å². The zero-order valence-electron chi connectivity index (χ0n) is 12.1. The van der Waals surface area contributed by atoms with Crippen LogP contribution in [-0.4, -0.2) is 21.7 Å². The summed E-state index contributed by atoms with van der Waals surface area (Å²) >= 11 is 0. The van der Waals surface area contributed by atoms with Crippen LogP contribution in [0.4, 0.5) is 5.69 Å². The second-order valence-corrected chi connectivity index (χ2v) is 5.10. The van der Waals surface area contributed by atoms with Gasteiger partial charge < -0.3 is 14.9 Å². The number of benzene rings is 2. The highest BCUT2D eigenvalue weighted by Crippen LogP contribution is 2.35. The standard InChI is InChI=1S/C16H17NO5/c1-16(19,9-10-18)12-7-8-15(14(11-12)17(20)21)22-13-5-3-2-4-6-13/h2-8,11,18-19H,9-10H2,1H3. The van der Waals surface area contributed by atoms with Gasteiger partial charge in [-0.05, 0) is 30.7 Å². The minimum Gasteiger partial charge on any atom is -0.450 e. The molecule has 0 heterocycles. The molecule has 0 aliphatic rings. The number of nitro groups is 1. The predicted octanol–water partition coefficient (Wildman–Crippen LogP) is 2.98. The molecule has 0 saturated heterocycles. The summed E-state index contributed by atoms with van der Waals surface area (Å²) in [7, 11) is 0. The lowest BCUT2D eigenvalue weighted by atomic mass is 9.92. The number of hydrogen-bond acceptors (Lipinski definition) is 5. The summed E-state index contributed by atoms with van der Waals surface area (Å²) in [6.07, 6.45) is 0.0864. The van der Waals surface area contributed by atoms with Crippen molar-refractivity contribution in [2.75, 3.05) is 6.61 Å². The van der Waals surface area contributed by atoms with E-state index in [0.717, 1.165) is 0 Å². The third-order valence-corrected chi connectivity index (χ3v) is 3.35. The molecule has 2 aromatic carbocycles. The average Bonchev–Trinajstić information content (AvgIpc) is 2.48. The minimum absolute atomic E-state index is 0.0864. The molecule has 116 valence electrons. The first kappa shape index (κ1) is 15.9. The summed E-state index contributed by atoms with van der Waals surface area (Å²) in [6.45, 7) is 1.28. The van der Waals surface area contributed by atoms with E-state index in [1.54, 1.807) is 30.3 Å². The van der Waals surface area contributed by atoms with Gasteiger partial charge in [-0.3, -0.25) is 10.1 Å². The number of ether oxygens (including phenoxy) is 1. The Morgan fingerprint density at radius 3 is 2.50 bits per heavy atom. The van der Waals surface area contributed by atoms with Crippen LogP contribution in [0.25, 0.3) is 0 Å². The van der Waals surface area contributed by atoms with Crippen LogP contribution in [0.15, 0.2) is 48.5 Å². The van der Waals surface area contributed by atoms with E-state index in [-0.39, 0.29) is 24.5 Å². The fourth-order valence-electron chi connectivity index (χ4n) is 2.06. The van der Waals surface area contributed by atoms with Crippen molar-refractivity contribution in [2.24, 2.45) is 0 Å². The molecule has 0 spiro atoms.